The van der Waals surface area contributed by atoms with Gasteiger partial charge in [-0.25, -0.2) is 5.84 Å². The van der Waals surface area contributed by atoms with Crippen molar-refractivity contribution in [2.24, 2.45) is 5.84 Å². The Bertz CT molecular complexity index is 438. The fraction of sp³-hybridized carbons (Fsp3) is 0. The summed E-state index contributed by atoms with van der Waals surface area (Å²) in [6.07, 6.45) is 0. The number of anilines is 1. The zero-order valence-corrected chi connectivity index (χ0v) is 8.57. The van der Waals surface area contributed by atoms with Gasteiger partial charge in [-0.05, 0) is 24.3 Å². The van der Waals surface area contributed by atoms with E-state index < -0.39 is 0 Å². The molecule has 0 aliphatic rings. The Morgan fingerprint density at radius 1 is 1.00 bits per heavy atom. The summed E-state index contributed by atoms with van der Waals surface area (Å²) in [5.74, 6) is 5.72. The predicted molar refractivity (Wildman–Crippen MR) is 60.3 cm³/mol. The molecule has 0 saturated heterocycles. The van der Waals surface area contributed by atoms with Crippen LogP contribution >= 0.6 is 11.6 Å². The number of benzene rings is 1. The van der Waals surface area contributed by atoms with Crippen LogP contribution in [0.1, 0.15) is 0 Å². The Kier molecular flexibility index (Phi) is 2.80. The fourth-order valence-electron chi connectivity index (χ4n) is 1.18. The fourth-order valence-corrected chi connectivity index (χ4v) is 1.31. The Hall–Kier alpha value is -1.65. The summed E-state index contributed by atoms with van der Waals surface area (Å²) in [6, 6.07) is 11.0. The molecule has 15 heavy (non-hydrogen) atoms. The lowest BCUT2D eigenvalue weighted by molar-refractivity contribution is 1.03. The summed E-state index contributed by atoms with van der Waals surface area (Å²) in [5, 5.41) is 8.59. The molecule has 0 radical (unpaired) electrons. The van der Waals surface area contributed by atoms with E-state index in [2.05, 4.69) is 15.6 Å². The molecule has 2 aromatic rings. The first-order valence-electron chi connectivity index (χ1n) is 4.36. The normalized spacial score (nSPS) is 10.0. The van der Waals surface area contributed by atoms with Gasteiger partial charge in [0.2, 0.25) is 0 Å². The van der Waals surface area contributed by atoms with Crippen molar-refractivity contribution in [1.29, 1.82) is 0 Å². The van der Waals surface area contributed by atoms with Gasteiger partial charge >= 0.3 is 0 Å². The van der Waals surface area contributed by atoms with E-state index >= 15 is 0 Å². The van der Waals surface area contributed by atoms with Crippen LogP contribution in [0, 0.1) is 0 Å². The Morgan fingerprint density at radius 2 is 1.73 bits per heavy atom. The van der Waals surface area contributed by atoms with Gasteiger partial charge in [-0.15, -0.1) is 10.2 Å². The standard InChI is InChI=1S/C10H9ClN4/c11-8-3-1-7(2-4-8)9-5-6-10(13-12)15-14-9/h1-6H,12H2,(H,13,15). The van der Waals surface area contributed by atoms with Crippen molar-refractivity contribution in [2.75, 3.05) is 5.43 Å². The molecule has 0 unspecified atom stereocenters. The smallest absolute Gasteiger partial charge is 0.162 e. The lowest BCUT2D eigenvalue weighted by Crippen LogP contribution is -2.08. The third kappa shape index (κ3) is 2.23. The molecule has 5 heteroatoms. The second-order valence-corrected chi connectivity index (χ2v) is 3.39. The van der Waals surface area contributed by atoms with E-state index in [1.807, 2.05) is 30.3 Å². The number of halogens is 1. The molecule has 1 aromatic heterocycles. The predicted octanol–water partition coefficient (Wildman–Crippen LogP) is 2.08. The maximum Gasteiger partial charge on any atom is 0.162 e. The molecule has 3 N–H and O–H groups in total. The summed E-state index contributed by atoms with van der Waals surface area (Å²) in [5.41, 5.74) is 4.17. The molecule has 0 spiro atoms. The highest BCUT2D eigenvalue weighted by Crippen LogP contribution is 2.19. The average molecular weight is 221 g/mol. The number of hydrogen-bond donors (Lipinski definition) is 2. The second-order valence-electron chi connectivity index (χ2n) is 2.96. The maximum atomic E-state index is 5.78. The minimum absolute atomic E-state index is 0.535. The van der Waals surface area contributed by atoms with E-state index in [1.165, 1.54) is 0 Å². The largest absolute Gasteiger partial charge is 0.307 e. The van der Waals surface area contributed by atoms with Gasteiger partial charge in [0.05, 0.1) is 5.69 Å². The van der Waals surface area contributed by atoms with Crippen LogP contribution in [0.4, 0.5) is 5.82 Å². The summed E-state index contributed by atoms with van der Waals surface area (Å²) in [4.78, 5) is 0. The molecule has 76 valence electrons. The zero-order chi connectivity index (χ0) is 10.7. The molecule has 0 aliphatic heterocycles. The topological polar surface area (TPSA) is 63.8 Å². The molecule has 1 heterocycles. The van der Waals surface area contributed by atoms with E-state index in [0.29, 0.717) is 10.8 Å². The number of hydrazine groups is 1. The molecule has 0 saturated carbocycles. The van der Waals surface area contributed by atoms with E-state index in [4.69, 9.17) is 17.4 Å². The van der Waals surface area contributed by atoms with E-state index in [0.717, 1.165) is 11.3 Å². The van der Waals surface area contributed by atoms with E-state index in [1.54, 1.807) is 6.07 Å². The van der Waals surface area contributed by atoms with Crippen LogP contribution in [0.2, 0.25) is 5.02 Å². The lowest BCUT2D eigenvalue weighted by atomic mass is 10.1. The third-order valence-electron chi connectivity index (χ3n) is 1.95. The van der Waals surface area contributed by atoms with Crippen molar-refractivity contribution in [3.05, 3.63) is 41.4 Å². The summed E-state index contributed by atoms with van der Waals surface area (Å²) in [6.45, 7) is 0. The van der Waals surface area contributed by atoms with Crippen LogP contribution in [0.3, 0.4) is 0 Å². The number of nitrogen functional groups attached to an aromatic ring is 1. The number of nitrogens with zero attached hydrogens (tertiary/aromatic N) is 2. The zero-order valence-electron chi connectivity index (χ0n) is 7.81. The van der Waals surface area contributed by atoms with Crippen molar-refractivity contribution >= 4 is 17.4 Å². The molecule has 2 rings (SSSR count). The Morgan fingerprint density at radius 3 is 2.27 bits per heavy atom. The number of aromatic nitrogens is 2. The quantitative estimate of drug-likeness (QED) is 0.601. The Balaban J connectivity index is 2.33. The van der Waals surface area contributed by atoms with Gasteiger partial charge in [0, 0.05) is 10.6 Å². The van der Waals surface area contributed by atoms with Gasteiger partial charge in [-0.2, -0.15) is 0 Å². The second kappa shape index (κ2) is 4.25. The van der Waals surface area contributed by atoms with E-state index in [9.17, 15) is 0 Å². The van der Waals surface area contributed by atoms with Crippen LogP contribution in [0.25, 0.3) is 11.3 Å². The summed E-state index contributed by atoms with van der Waals surface area (Å²) >= 11 is 5.78. The van der Waals surface area contributed by atoms with Crippen molar-refractivity contribution in [2.45, 2.75) is 0 Å². The Labute approximate surface area is 92.1 Å². The number of rotatable bonds is 2. The number of hydrogen-bond acceptors (Lipinski definition) is 4. The first-order valence-corrected chi connectivity index (χ1v) is 4.73. The minimum Gasteiger partial charge on any atom is -0.307 e. The van der Waals surface area contributed by atoms with Crippen LogP contribution in [0.15, 0.2) is 36.4 Å². The van der Waals surface area contributed by atoms with Crippen molar-refractivity contribution in [3.8, 4) is 11.3 Å². The van der Waals surface area contributed by atoms with Gasteiger partial charge in [0.1, 0.15) is 0 Å². The average Bonchev–Trinajstić information content (AvgIpc) is 2.30. The summed E-state index contributed by atoms with van der Waals surface area (Å²) < 4.78 is 0. The first-order chi connectivity index (χ1) is 7.29. The highest BCUT2D eigenvalue weighted by Gasteiger charge is 1.99. The van der Waals surface area contributed by atoms with Gasteiger partial charge in [0.15, 0.2) is 5.82 Å². The molecular weight excluding hydrogens is 212 g/mol. The van der Waals surface area contributed by atoms with Gasteiger partial charge in [-0.1, -0.05) is 23.7 Å². The van der Waals surface area contributed by atoms with Crippen molar-refractivity contribution in [3.63, 3.8) is 0 Å². The number of nitrogens with one attached hydrogen (secondary N) is 1. The monoisotopic (exact) mass is 220 g/mol. The maximum absolute atomic E-state index is 5.78. The molecule has 0 atom stereocenters. The lowest BCUT2D eigenvalue weighted by Gasteiger charge is -2.01. The highest BCUT2D eigenvalue weighted by molar-refractivity contribution is 6.30. The SMILES string of the molecule is NNc1ccc(-c2ccc(Cl)cc2)nn1. The van der Waals surface area contributed by atoms with Gasteiger partial charge < -0.3 is 5.43 Å². The molecule has 0 fully saturated rings. The first kappa shape index (κ1) is 9.89. The molecule has 0 amide bonds. The van der Waals surface area contributed by atoms with Crippen LogP contribution in [-0.2, 0) is 0 Å². The number of nitrogens with two attached hydrogens (primary N) is 1. The summed E-state index contributed by atoms with van der Waals surface area (Å²) in [7, 11) is 0. The van der Waals surface area contributed by atoms with Gasteiger partial charge in [0.25, 0.3) is 0 Å². The highest BCUT2D eigenvalue weighted by atomic mass is 35.5. The molecule has 0 bridgehead atoms. The van der Waals surface area contributed by atoms with E-state index in [-0.39, 0.29) is 0 Å². The molecular formula is C10H9ClN4. The third-order valence-corrected chi connectivity index (χ3v) is 2.20. The van der Waals surface area contributed by atoms with Crippen molar-refractivity contribution < 1.29 is 0 Å². The molecule has 4 nitrogen and oxygen atoms in total. The van der Waals surface area contributed by atoms with Crippen LogP contribution in [0.5, 0.6) is 0 Å². The minimum atomic E-state index is 0.535. The van der Waals surface area contributed by atoms with Crippen LogP contribution < -0.4 is 11.3 Å². The molecule has 1 aromatic carbocycles. The van der Waals surface area contributed by atoms with Crippen LogP contribution in [-0.4, -0.2) is 10.2 Å². The molecule has 0 aliphatic carbocycles. The van der Waals surface area contributed by atoms with Gasteiger partial charge in [-0.3, -0.25) is 0 Å². The van der Waals surface area contributed by atoms with Crippen molar-refractivity contribution in [1.82, 2.24) is 10.2 Å².